The Morgan fingerprint density at radius 3 is 2.48 bits per heavy atom. The Hall–Kier alpha value is -2.93. The maximum absolute atomic E-state index is 5.90. The fraction of sp³-hybridized carbons (Fsp3) is 0.318. The predicted molar refractivity (Wildman–Crippen MR) is 119 cm³/mol. The van der Waals surface area contributed by atoms with Gasteiger partial charge in [0.05, 0.1) is 13.7 Å². The lowest BCUT2D eigenvalue weighted by Crippen LogP contribution is -2.25. The molecule has 0 amide bonds. The molecule has 6 nitrogen and oxygen atoms in total. The van der Waals surface area contributed by atoms with Crippen molar-refractivity contribution in [3.63, 3.8) is 0 Å². The van der Waals surface area contributed by atoms with Gasteiger partial charge < -0.3 is 23.2 Å². The number of aromatic nitrogens is 1. The van der Waals surface area contributed by atoms with Crippen LogP contribution in [0.15, 0.2) is 58.9 Å². The summed E-state index contributed by atoms with van der Waals surface area (Å²) in [5, 5.41) is 0. The standard InChI is InChI=1S/C22H28N2O4Si/c1-24(22-23-19-8-6-7-9-20(19)27-22)14-15-26-18-12-10-17(11-13-18)16-21(25-2)28-29(3,4)5/h6-13,16H,14-15H2,1-5H3/b21-16+. The van der Waals surface area contributed by atoms with E-state index in [-0.39, 0.29) is 0 Å². The first kappa shape index (κ1) is 20.8. The number of ether oxygens (including phenoxy) is 2. The Morgan fingerprint density at radius 1 is 1.10 bits per heavy atom. The van der Waals surface area contributed by atoms with Crippen molar-refractivity contribution in [2.24, 2.45) is 0 Å². The second kappa shape index (κ2) is 9.04. The van der Waals surface area contributed by atoms with Crippen molar-refractivity contribution >= 4 is 31.5 Å². The molecule has 1 aromatic heterocycles. The Balaban J connectivity index is 1.53. The third-order valence-electron chi connectivity index (χ3n) is 4.08. The normalized spacial score (nSPS) is 12.1. The molecule has 0 aliphatic carbocycles. The van der Waals surface area contributed by atoms with Crippen LogP contribution in [-0.4, -0.2) is 40.6 Å². The van der Waals surface area contributed by atoms with E-state index in [1.54, 1.807) is 7.11 Å². The van der Waals surface area contributed by atoms with Gasteiger partial charge in [-0.15, -0.1) is 0 Å². The molecule has 0 spiro atoms. The van der Waals surface area contributed by atoms with Crippen LogP contribution in [0.1, 0.15) is 5.56 Å². The number of likely N-dealkylation sites (N-methyl/N-ethyl adjacent to an activating group) is 1. The smallest absolute Gasteiger partial charge is 0.298 e. The molecule has 0 unspecified atom stereocenters. The van der Waals surface area contributed by atoms with Crippen LogP contribution in [0.25, 0.3) is 17.2 Å². The Bertz CT molecular complexity index is 928. The van der Waals surface area contributed by atoms with E-state index in [2.05, 4.69) is 24.6 Å². The highest BCUT2D eigenvalue weighted by molar-refractivity contribution is 6.70. The molecule has 0 fully saturated rings. The minimum absolute atomic E-state index is 0.520. The van der Waals surface area contributed by atoms with Gasteiger partial charge in [0.1, 0.15) is 17.9 Å². The number of anilines is 1. The van der Waals surface area contributed by atoms with Gasteiger partial charge in [0.2, 0.25) is 8.32 Å². The summed E-state index contributed by atoms with van der Waals surface area (Å²) >= 11 is 0. The Kier molecular flexibility index (Phi) is 6.48. The number of hydrogen-bond donors (Lipinski definition) is 0. The van der Waals surface area contributed by atoms with Crippen molar-refractivity contribution in [2.75, 3.05) is 32.2 Å². The van der Waals surface area contributed by atoms with E-state index in [9.17, 15) is 0 Å². The van der Waals surface area contributed by atoms with Gasteiger partial charge in [-0.1, -0.05) is 24.3 Å². The highest BCUT2D eigenvalue weighted by Crippen LogP contribution is 2.21. The minimum atomic E-state index is -1.71. The summed E-state index contributed by atoms with van der Waals surface area (Å²) in [5.74, 6) is 1.34. The number of fused-ring (bicyclic) bond motifs is 1. The maximum Gasteiger partial charge on any atom is 0.298 e. The molecular weight excluding hydrogens is 384 g/mol. The molecular formula is C22H28N2O4Si. The number of para-hydroxylation sites is 2. The minimum Gasteiger partial charge on any atom is -0.520 e. The number of nitrogens with zero attached hydrogens (tertiary/aromatic N) is 2. The van der Waals surface area contributed by atoms with Crippen LogP contribution < -0.4 is 9.64 Å². The highest BCUT2D eigenvalue weighted by Gasteiger charge is 2.18. The van der Waals surface area contributed by atoms with E-state index in [0.717, 1.165) is 22.4 Å². The zero-order valence-electron chi connectivity index (χ0n) is 17.6. The summed E-state index contributed by atoms with van der Waals surface area (Å²) in [7, 11) is 1.85. The fourth-order valence-corrected chi connectivity index (χ4v) is 3.39. The summed E-state index contributed by atoms with van der Waals surface area (Å²) in [6.07, 6.45) is 1.89. The zero-order chi connectivity index (χ0) is 20.9. The number of benzene rings is 2. The molecule has 154 valence electrons. The highest BCUT2D eigenvalue weighted by atomic mass is 28.4. The first-order chi connectivity index (χ1) is 13.8. The fourth-order valence-electron chi connectivity index (χ4n) is 2.65. The molecule has 0 saturated heterocycles. The van der Waals surface area contributed by atoms with Gasteiger partial charge >= 0.3 is 0 Å². The van der Waals surface area contributed by atoms with E-state index in [4.69, 9.17) is 18.3 Å². The molecule has 2 aromatic carbocycles. The van der Waals surface area contributed by atoms with Crippen molar-refractivity contribution < 1.29 is 18.3 Å². The van der Waals surface area contributed by atoms with Gasteiger partial charge in [-0.05, 0) is 49.5 Å². The molecule has 0 atom stereocenters. The van der Waals surface area contributed by atoms with Crippen LogP contribution in [0.2, 0.25) is 19.6 Å². The Morgan fingerprint density at radius 2 is 1.83 bits per heavy atom. The van der Waals surface area contributed by atoms with E-state index < -0.39 is 8.32 Å². The topological polar surface area (TPSA) is 57.0 Å². The van der Waals surface area contributed by atoms with Gasteiger partial charge in [-0.25, -0.2) is 0 Å². The van der Waals surface area contributed by atoms with Gasteiger partial charge in [-0.2, -0.15) is 4.98 Å². The monoisotopic (exact) mass is 412 g/mol. The second-order valence-electron chi connectivity index (χ2n) is 7.69. The van der Waals surface area contributed by atoms with Gasteiger partial charge in [-0.3, -0.25) is 0 Å². The van der Waals surface area contributed by atoms with Crippen LogP contribution in [0.3, 0.4) is 0 Å². The molecule has 0 radical (unpaired) electrons. The lowest BCUT2D eigenvalue weighted by atomic mass is 10.2. The predicted octanol–water partition coefficient (Wildman–Crippen LogP) is 5.14. The van der Waals surface area contributed by atoms with Crippen molar-refractivity contribution in [1.29, 1.82) is 0 Å². The van der Waals surface area contributed by atoms with Crippen LogP contribution in [0.4, 0.5) is 6.01 Å². The summed E-state index contributed by atoms with van der Waals surface area (Å²) in [4.78, 5) is 6.43. The molecule has 3 rings (SSSR count). The molecule has 1 heterocycles. The summed E-state index contributed by atoms with van der Waals surface area (Å²) in [5.41, 5.74) is 2.64. The number of rotatable bonds is 9. The lowest BCUT2D eigenvalue weighted by Gasteiger charge is -2.20. The molecule has 0 aliphatic heterocycles. The van der Waals surface area contributed by atoms with Crippen LogP contribution in [0.5, 0.6) is 5.75 Å². The van der Waals surface area contributed by atoms with Crippen LogP contribution in [0, 0.1) is 0 Å². The van der Waals surface area contributed by atoms with Crippen molar-refractivity contribution in [1.82, 2.24) is 4.98 Å². The van der Waals surface area contributed by atoms with Gasteiger partial charge in [0.25, 0.3) is 12.0 Å². The third-order valence-corrected chi connectivity index (χ3v) is 4.89. The van der Waals surface area contributed by atoms with Gasteiger partial charge in [0.15, 0.2) is 5.58 Å². The largest absolute Gasteiger partial charge is 0.520 e. The molecule has 29 heavy (non-hydrogen) atoms. The SMILES string of the molecule is CO/C(=C\c1ccc(OCCN(C)c2nc3ccccc3o2)cc1)O[Si](C)(C)C. The van der Waals surface area contributed by atoms with Crippen LogP contribution >= 0.6 is 0 Å². The number of oxazole rings is 1. The first-order valence-electron chi connectivity index (χ1n) is 9.58. The van der Waals surface area contributed by atoms with Crippen molar-refractivity contribution in [2.45, 2.75) is 19.6 Å². The zero-order valence-corrected chi connectivity index (χ0v) is 18.6. The van der Waals surface area contributed by atoms with E-state index in [1.807, 2.05) is 66.6 Å². The molecule has 3 aromatic rings. The maximum atomic E-state index is 5.90. The third kappa shape index (κ3) is 6.02. The first-order valence-corrected chi connectivity index (χ1v) is 13.0. The van der Waals surface area contributed by atoms with E-state index in [1.165, 1.54) is 0 Å². The quantitative estimate of drug-likeness (QED) is 0.358. The molecule has 0 N–H and O–H groups in total. The summed E-state index contributed by atoms with van der Waals surface area (Å²) < 4.78 is 22.9. The molecule has 0 saturated carbocycles. The lowest BCUT2D eigenvalue weighted by molar-refractivity contribution is 0.152. The van der Waals surface area contributed by atoms with Crippen LogP contribution in [-0.2, 0) is 9.16 Å². The molecule has 7 heteroatoms. The Labute approximate surface area is 172 Å². The molecule has 0 aliphatic rings. The average Bonchev–Trinajstić information content (AvgIpc) is 3.12. The summed E-state index contributed by atoms with van der Waals surface area (Å²) in [6, 6.07) is 16.2. The summed E-state index contributed by atoms with van der Waals surface area (Å²) in [6.45, 7) is 7.54. The van der Waals surface area contributed by atoms with E-state index >= 15 is 0 Å². The van der Waals surface area contributed by atoms with Gasteiger partial charge in [0, 0.05) is 13.1 Å². The van der Waals surface area contributed by atoms with Crippen molar-refractivity contribution in [3.05, 3.63) is 60.0 Å². The average molecular weight is 413 g/mol. The van der Waals surface area contributed by atoms with Crippen molar-refractivity contribution in [3.8, 4) is 5.75 Å². The number of methoxy groups -OCH3 is 1. The van der Waals surface area contributed by atoms with E-state index in [0.29, 0.717) is 25.1 Å². The molecule has 0 bridgehead atoms. The second-order valence-corrected chi connectivity index (χ2v) is 12.1. The number of hydrogen-bond acceptors (Lipinski definition) is 6.